The van der Waals surface area contributed by atoms with Crippen LogP contribution in [0.5, 0.6) is 5.75 Å². The van der Waals surface area contributed by atoms with E-state index in [1.165, 1.54) is 6.07 Å². The van der Waals surface area contributed by atoms with Gasteiger partial charge in [-0.05, 0) is 24.0 Å². The van der Waals surface area contributed by atoms with Gasteiger partial charge in [-0.1, -0.05) is 45.6 Å². The average Bonchev–Trinajstić information content (AvgIpc) is 2.69. The molecule has 0 fully saturated rings. The van der Waals surface area contributed by atoms with Crippen LogP contribution in [0.4, 0.5) is 0 Å². The second-order valence-corrected chi connectivity index (χ2v) is 7.81. The summed E-state index contributed by atoms with van der Waals surface area (Å²) < 4.78 is 37.8. The molecule has 138 valence electrons. The summed E-state index contributed by atoms with van der Waals surface area (Å²) in [5.74, 6) is -0.968. The van der Waals surface area contributed by atoms with Crippen molar-refractivity contribution in [1.29, 1.82) is 0 Å². The van der Waals surface area contributed by atoms with Gasteiger partial charge in [0.15, 0.2) is 11.5 Å². The molecular formula is C18H24O6S. The van der Waals surface area contributed by atoms with E-state index in [1.807, 2.05) is 0 Å². The van der Waals surface area contributed by atoms with Gasteiger partial charge in [-0.2, -0.15) is 8.42 Å². The van der Waals surface area contributed by atoms with Gasteiger partial charge in [0.1, 0.15) is 4.90 Å². The standard InChI is InChI=1S/C18H24O6S/c1-3-5-6-12(4-2)11-13-7-9-15(25(21,22)23)18-17(13)14(19)8-10-16(20)24-18/h7,9,12H,3-6,8,10-11H2,1-2H3,(H,21,22,23). The minimum atomic E-state index is -4.60. The van der Waals surface area contributed by atoms with Gasteiger partial charge in [0.2, 0.25) is 0 Å². The highest BCUT2D eigenvalue weighted by molar-refractivity contribution is 7.86. The molecule has 1 aromatic carbocycles. The normalized spacial score (nSPS) is 16.1. The molecule has 0 spiro atoms. The topological polar surface area (TPSA) is 97.7 Å². The largest absolute Gasteiger partial charge is 0.424 e. The third-order valence-corrected chi connectivity index (χ3v) is 5.47. The Balaban J connectivity index is 2.54. The molecule has 0 saturated carbocycles. The molecule has 7 heteroatoms. The molecule has 25 heavy (non-hydrogen) atoms. The van der Waals surface area contributed by atoms with Crippen molar-refractivity contribution < 1.29 is 27.3 Å². The van der Waals surface area contributed by atoms with Gasteiger partial charge in [-0.3, -0.25) is 14.1 Å². The van der Waals surface area contributed by atoms with Crippen molar-refractivity contribution in [2.45, 2.75) is 63.7 Å². The van der Waals surface area contributed by atoms with Gasteiger partial charge in [-0.15, -0.1) is 0 Å². The van der Waals surface area contributed by atoms with Crippen molar-refractivity contribution in [2.24, 2.45) is 5.92 Å². The van der Waals surface area contributed by atoms with Crippen LogP contribution in [0.25, 0.3) is 0 Å². The minimum Gasteiger partial charge on any atom is -0.424 e. The second-order valence-electron chi connectivity index (χ2n) is 6.42. The number of Topliss-reactive ketones (excluding diaryl/α,β-unsaturated/α-hetero) is 1. The smallest absolute Gasteiger partial charge is 0.311 e. The van der Waals surface area contributed by atoms with E-state index >= 15 is 0 Å². The molecule has 1 N–H and O–H groups in total. The van der Waals surface area contributed by atoms with Gasteiger partial charge >= 0.3 is 5.97 Å². The number of ether oxygens (including phenoxy) is 1. The Morgan fingerprint density at radius 3 is 2.52 bits per heavy atom. The number of carbonyl (C=O) groups is 2. The third kappa shape index (κ3) is 4.67. The Bertz CT molecular complexity index is 766. The lowest BCUT2D eigenvalue weighted by atomic mass is 9.88. The lowest BCUT2D eigenvalue weighted by Gasteiger charge is -2.18. The molecule has 1 unspecified atom stereocenters. The van der Waals surface area contributed by atoms with Crippen LogP contribution >= 0.6 is 0 Å². The molecule has 0 bridgehead atoms. The first-order valence-corrected chi connectivity index (χ1v) is 10.1. The lowest BCUT2D eigenvalue weighted by Crippen LogP contribution is -2.13. The van der Waals surface area contributed by atoms with Crippen molar-refractivity contribution in [1.82, 2.24) is 0 Å². The summed E-state index contributed by atoms with van der Waals surface area (Å²) in [6, 6.07) is 2.76. The van der Waals surface area contributed by atoms with E-state index in [1.54, 1.807) is 6.07 Å². The zero-order valence-corrected chi connectivity index (χ0v) is 15.4. The Labute approximate surface area is 148 Å². The molecule has 1 aliphatic rings. The number of benzene rings is 1. The van der Waals surface area contributed by atoms with E-state index in [4.69, 9.17) is 4.74 Å². The zero-order valence-electron chi connectivity index (χ0n) is 14.6. The fourth-order valence-corrected chi connectivity index (χ4v) is 3.76. The number of fused-ring (bicyclic) bond motifs is 1. The van der Waals surface area contributed by atoms with Crippen LogP contribution in [-0.2, 0) is 21.3 Å². The molecule has 2 rings (SSSR count). The fourth-order valence-electron chi connectivity index (χ4n) is 3.14. The van der Waals surface area contributed by atoms with E-state index in [2.05, 4.69) is 13.8 Å². The highest BCUT2D eigenvalue weighted by atomic mass is 32.2. The van der Waals surface area contributed by atoms with Gasteiger partial charge in [0.25, 0.3) is 10.1 Å². The zero-order chi connectivity index (χ0) is 18.6. The monoisotopic (exact) mass is 368 g/mol. The molecule has 1 aromatic rings. The van der Waals surface area contributed by atoms with E-state index < -0.39 is 21.0 Å². The molecule has 0 saturated heterocycles. The number of carbonyl (C=O) groups excluding carboxylic acids is 2. The lowest BCUT2D eigenvalue weighted by molar-refractivity contribution is -0.134. The summed E-state index contributed by atoms with van der Waals surface area (Å²) >= 11 is 0. The van der Waals surface area contributed by atoms with Crippen LogP contribution in [0, 0.1) is 5.92 Å². The van der Waals surface area contributed by atoms with Gasteiger partial charge in [0, 0.05) is 6.42 Å². The Morgan fingerprint density at radius 1 is 1.20 bits per heavy atom. The van der Waals surface area contributed by atoms with Crippen LogP contribution in [0.1, 0.15) is 68.3 Å². The summed E-state index contributed by atoms with van der Waals surface area (Å²) in [6.07, 6.45) is 4.57. The van der Waals surface area contributed by atoms with Gasteiger partial charge < -0.3 is 4.74 Å². The van der Waals surface area contributed by atoms with Crippen LogP contribution < -0.4 is 4.74 Å². The molecule has 0 amide bonds. The Kier molecular flexibility index (Phi) is 6.35. The molecule has 6 nitrogen and oxygen atoms in total. The van der Waals surface area contributed by atoms with Crippen molar-refractivity contribution in [3.63, 3.8) is 0 Å². The van der Waals surface area contributed by atoms with Crippen LogP contribution in [0.15, 0.2) is 17.0 Å². The molecule has 1 aliphatic heterocycles. The highest BCUT2D eigenvalue weighted by Gasteiger charge is 2.31. The SMILES string of the molecule is CCCCC(CC)Cc1ccc(S(=O)(=O)O)c2c1C(=O)CCC(=O)O2. The maximum atomic E-state index is 12.5. The number of esters is 1. The fraction of sp³-hybridized carbons (Fsp3) is 0.556. The molecule has 1 atom stereocenters. The predicted molar refractivity (Wildman–Crippen MR) is 92.5 cm³/mol. The summed E-state index contributed by atoms with van der Waals surface area (Å²) in [6.45, 7) is 4.19. The van der Waals surface area contributed by atoms with Crippen LogP contribution in [0.3, 0.4) is 0 Å². The van der Waals surface area contributed by atoms with Crippen molar-refractivity contribution in [3.8, 4) is 5.75 Å². The van der Waals surface area contributed by atoms with E-state index in [0.29, 0.717) is 17.9 Å². The summed E-state index contributed by atoms with van der Waals surface area (Å²) in [7, 11) is -4.60. The Hall–Kier alpha value is -1.73. The van der Waals surface area contributed by atoms with Crippen molar-refractivity contribution >= 4 is 21.9 Å². The third-order valence-electron chi connectivity index (χ3n) is 4.59. The van der Waals surface area contributed by atoms with Gasteiger partial charge in [-0.25, -0.2) is 0 Å². The number of hydrogen-bond acceptors (Lipinski definition) is 5. The minimum absolute atomic E-state index is 0.0283. The van der Waals surface area contributed by atoms with Gasteiger partial charge in [0.05, 0.1) is 12.0 Å². The highest BCUT2D eigenvalue weighted by Crippen LogP contribution is 2.36. The first-order chi connectivity index (χ1) is 11.8. The van der Waals surface area contributed by atoms with Crippen LogP contribution in [0.2, 0.25) is 0 Å². The summed E-state index contributed by atoms with van der Waals surface area (Å²) in [5, 5.41) is 0. The number of unbranched alkanes of at least 4 members (excludes halogenated alkanes) is 1. The molecular weight excluding hydrogens is 344 g/mol. The molecule has 1 heterocycles. The van der Waals surface area contributed by atoms with Crippen molar-refractivity contribution in [2.75, 3.05) is 0 Å². The average molecular weight is 368 g/mol. The van der Waals surface area contributed by atoms with E-state index in [0.717, 1.165) is 25.7 Å². The maximum absolute atomic E-state index is 12.5. The number of ketones is 1. The van der Waals surface area contributed by atoms with Crippen molar-refractivity contribution in [3.05, 3.63) is 23.3 Å². The molecule has 0 aliphatic carbocycles. The summed E-state index contributed by atoms with van der Waals surface area (Å²) in [5.41, 5.74) is 0.793. The first kappa shape index (κ1) is 19.6. The quantitative estimate of drug-likeness (QED) is 0.449. The molecule has 0 radical (unpaired) electrons. The van der Waals surface area contributed by atoms with Crippen LogP contribution in [-0.4, -0.2) is 24.7 Å². The number of rotatable bonds is 7. The second kappa shape index (κ2) is 8.10. The maximum Gasteiger partial charge on any atom is 0.311 e. The van der Waals surface area contributed by atoms with E-state index in [9.17, 15) is 22.6 Å². The predicted octanol–water partition coefficient (Wildman–Crippen LogP) is 3.57. The molecule has 0 aromatic heterocycles. The number of hydrogen-bond donors (Lipinski definition) is 1. The van der Waals surface area contributed by atoms with E-state index in [-0.39, 0.29) is 29.9 Å². The Morgan fingerprint density at radius 2 is 1.92 bits per heavy atom. The first-order valence-electron chi connectivity index (χ1n) is 8.65. The summed E-state index contributed by atoms with van der Waals surface area (Å²) in [4.78, 5) is 23.7.